The summed E-state index contributed by atoms with van der Waals surface area (Å²) in [5.74, 6) is 0.514. The van der Waals surface area contributed by atoms with E-state index in [0.29, 0.717) is 19.0 Å². The molecule has 0 atom stereocenters. The summed E-state index contributed by atoms with van der Waals surface area (Å²) in [6, 6.07) is 7.47. The van der Waals surface area contributed by atoms with Crippen LogP contribution in [-0.2, 0) is 16.6 Å². The first-order chi connectivity index (χ1) is 12.0. The Morgan fingerprint density at radius 1 is 1.16 bits per heavy atom. The van der Waals surface area contributed by atoms with Crippen LogP contribution in [-0.4, -0.2) is 53.3 Å². The molecule has 0 amide bonds. The molecule has 1 aliphatic heterocycles. The largest absolute Gasteiger partial charge is 0.293 e. The molecule has 2 aromatic rings. The minimum Gasteiger partial charge on any atom is -0.293 e. The normalized spacial score (nSPS) is 16.3. The molecule has 134 valence electrons. The number of nitrogens with zero attached hydrogens (tertiary/aromatic N) is 4. The molecular formula is C18H24N4O2S. The zero-order valence-corrected chi connectivity index (χ0v) is 15.4. The van der Waals surface area contributed by atoms with Gasteiger partial charge >= 0.3 is 0 Å². The van der Waals surface area contributed by atoms with Gasteiger partial charge in [-0.15, -0.1) is 0 Å². The number of aromatic nitrogens is 2. The number of hydrogen-bond acceptors (Lipinski definition) is 5. The molecule has 0 N–H and O–H groups in total. The molecule has 0 saturated carbocycles. The average molecular weight is 360 g/mol. The Morgan fingerprint density at radius 2 is 1.84 bits per heavy atom. The van der Waals surface area contributed by atoms with Crippen LogP contribution in [0, 0.1) is 5.92 Å². The summed E-state index contributed by atoms with van der Waals surface area (Å²) in [6.07, 6.45) is 6.62. The van der Waals surface area contributed by atoms with Gasteiger partial charge in [0.15, 0.2) is 0 Å². The van der Waals surface area contributed by atoms with Crippen molar-refractivity contribution in [2.45, 2.75) is 31.3 Å². The van der Waals surface area contributed by atoms with Gasteiger partial charge in [0.05, 0.1) is 0 Å². The first-order valence-corrected chi connectivity index (χ1v) is 9.94. The van der Waals surface area contributed by atoms with E-state index in [-0.39, 0.29) is 10.9 Å². The van der Waals surface area contributed by atoms with Gasteiger partial charge in [0.2, 0.25) is 10.0 Å². The lowest BCUT2D eigenvalue weighted by atomic mass is 10.1. The summed E-state index contributed by atoms with van der Waals surface area (Å²) in [4.78, 5) is 10.7. The van der Waals surface area contributed by atoms with Gasteiger partial charge in [-0.2, -0.15) is 4.31 Å². The predicted octanol–water partition coefficient (Wildman–Crippen LogP) is 2.01. The molecule has 1 aliphatic rings. The molecule has 0 aromatic carbocycles. The molecule has 3 heterocycles. The fraction of sp³-hybridized carbons (Fsp3) is 0.444. The first-order valence-electron chi connectivity index (χ1n) is 8.50. The van der Waals surface area contributed by atoms with Gasteiger partial charge in [-0.05, 0) is 29.7 Å². The van der Waals surface area contributed by atoms with Crippen LogP contribution >= 0.6 is 0 Å². The van der Waals surface area contributed by atoms with E-state index in [4.69, 9.17) is 0 Å². The summed E-state index contributed by atoms with van der Waals surface area (Å²) in [5, 5.41) is 0. The van der Waals surface area contributed by atoms with E-state index in [0.717, 1.165) is 18.7 Å². The lowest BCUT2D eigenvalue weighted by molar-refractivity contribution is 0.0712. The van der Waals surface area contributed by atoms with Crippen LogP contribution in [0.3, 0.4) is 0 Å². The number of hydrogen-bond donors (Lipinski definition) is 0. The third-order valence-corrected chi connectivity index (χ3v) is 6.14. The van der Waals surface area contributed by atoms with Gasteiger partial charge in [0, 0.05) is 57.0 Å². The quantitative estimate of drug-likeness (QED) is 0.756. The van der Waals surface area contributed by atoms with Crippen molar-refractivity contribution in [3.63, 3.8) is 0 Å². The molecule has 7 heteroatoms. The second-order valence-corrected chi connectivity index (χ2v) is 8.79. The Hall–Kier alpha value is -1.83. The highest BCUT2D eigenvalue weighted by Crippen LogP contribution is 2.25. The SMILES string of the molecule is CC(C)CN(Cc1cccnc1)C1CN(S(=O)(=O)c2cccnc2)C1. The summed E-state index contributed by atoms with van der Waals surface area (Å²) >= 11 is 0. The number of rotatable bonds is 7. The lowest BCUT2D eigenvalue weighted by Gasteiger charge is -2.45. The van der Waals surface area contributed by atoms with Gasteiger partial charge in [0.25, 0.3) is 0 Å². The third kappa shape index (κ3) is 4.23. The maximum Gasteiger partial charge on any atom is 0.244 e. The molecule has 1 saturated heterocycles. The first kappa shape index (κ1) is 18.0. The Kier molecular flexibility index (Phi) is 5.46. The van der Waals surface area contributed by atoms with Gasteiger partial charge in [-0.3, -0.25) is 14.9 Å². The van der Waals surface area contributed by atoms with Gasteiger partial charge in [-0.1, -0.05) is 19.9 Å². The predicted molar refractivity (Wildman–Crippen MR) is 96.3 cm³/mol. The highest BCUT2D eigenvalue weighted by atomic mass is 32.2. The third-order valence-electron chi connectivity index (χ3n) is 4.33. The van der Waals surface area contributed by atoms with Crippen LogP contribution in [0.5, 0.6) is 0 Å². The van der Waals surface area contributed by atoms with Gasteiger partial charge in [0.1, 0.15) is 4.90 Å². The van der Waals surface area contributed by atoms with Crippen LogP contribution in [0.15, 0.2) is 53.9 Å². The van der Waals surface area contributed by atoms with E-state index in [2.05, 4.69) is 34.8 Å². The van der Waals surface area contributed by atoms with E-state index in [1.54, 1.807) is 24.5 Å². The van der Waals surface area contributed by atoms with E-state index in [9.17, 15) is 8.42 Å². The lowest BCUT2D eigenvalue weighted by Crippen LogP contribution is -2.61. The van der Waals surface area contributed by atoms with Crippen molar-refractivity contribution in [2.75, 3.05) is 19.6 Å². The zero-order valence-electron chi connectivity index (χ0n) is 14.6. The fourth-order valence-corrected chi connectivity index (χ4v) is 4.51. The summed E-state index contributed by atoms with van der Waals surface area (Å²) in [5.41, 5.74) is 1.15. The Labute approximate surface area is 149 Å². The smallest absolute Gasteiger partial charge is 0.244 e. The van der Waals surface area contributed by atoms with Crippen LogP contribution < -0.4 is 0 Å². The monoisotopic (exact) mass is 360 g/mol. The minimum absolute atomic E-state index is 0.231. The molecule has 1 fully saturated rings. The van der Waals surface area contributed by atoms with Crippen LogP contribution in [0.2, 0.25) is 0 Å². The van der Waals surface area contributed by atoms with Crippen molar-refractivity contribution in [3.05, 3.63) is 54.6 Å². The van der Waals surface area contributed by atoms with E-state index >= 15 is 0 Å². The van der Waals surface area contributed by atoms with Crippen molar-refractivity contribution in [1.29, 1.82) is 0 Å². The second-order valence-electron chi connectivity index (χ2n) is 6.85. The fourth-order valence-electron chi connectivity index (χ4n) is 3.03. The van der Waals surface area contributed by atoms with Crippen LogP contribution in [0.1, 0.15) is 19.4 Å². The highest BCUT2D eigenvalue weighted by Gasteiger charge is 2.39. The van der Waals surface area contributed by atoms with E-state index in [1.165, 1.54) is 10.5 Å². The number of sulfonamides is 1. The molecule has 3 rings (SSSR count). The molecule has 0 unspecified atom stereocenters. The highest BCUT2D eigenvalue weighted by molar-refractivity contribution is 7.89. The molecule has 6 nitrogen and oxygen atoms in total. The van der Waals surface area contributed by atoms with E-state index in [1.807, 2.05) is 12.3 Å². The minimum atomic E-state index is -3.44. The molecule has 0 spiro atoms. The van der Waals surface area contributed by atoms with Crippen LogP contribution in [0.4, 0.5) is 0 Å². The van der Waals surface area contributed by atoms with E-state index < -0.39 is 10.0 Å². The Bertz CT molecular complexity index is 775. The van der Waals surface area contributed by atoms with Crippen molar-refractivity contribution < 1.29 is 8.42 Å². The van der Waals surface area contributed by atoms with Gasteiger partial charge in [-0.25, -0.2) is 8.42 Å². The summed E-state index contributed by atoms with van der Waals surface area (Å²) in [7, 11) is -3.44. The molecule has 0 radical (unpaired) electrons. The Morgan fingerprint density at radius 3 is 2.40 bits per heavy atom. The molecule has 0 bridgehead atoms. The molecule has 2 aromatic heterocycles. The van der Waals surface area contributed by atoms with Crippen molar-refractivity contribution in [1.82, 2.24) is 19.2 Å². The average Bonchev–Trinajstić information content (AvgIpc) is 2.54. The van der Waals surface area contributed by atoms with Crippen molar-refractivity contribution in [3.8, 4) is 0 Å². The standard InChI is InChI=1S/C18H24N4O2S/c1-15(2)11-21(12-16-5-3-7-19-9-16)17-13-22(14-17)25(23,24)18-6-4-8-20-10-18/h3-10,15,17H,11-14H2,1-2H3. The Balaban J connectivity index is 1.67. The molecule has 0 aliphatic carbocycles. The van der Waals surface area contributed by atoms with Crippen LogP contribution in [0.25, 0.3) is 0 Å². The zero-order chi connectivity index (χ0) is 17.9. The maximum atomic E-state index is 12.6. The topological polar surface area (TPSA) is 66.4 Å². The van der Waals surface area contributed by atoms with Crippen molar-refractivity contribution >= 4 is 10.0 Å². The van der Waals surface area contributed by atoms with Crippen molar-refractivity contribution in [2.24, 2.45) is 5.92 Å². The number of pyridine rings is 2. The second kappa shape index (κ2) is 7.59. The summed E-state index contributed by atoms with van der Waals surface area (Å²) in [6.45, 7) is 7.12. The summed E-state index contributed by atoms with van der Waals surface area (Å²) < 4.78 is 26.8. The maximum absolute atomic E-state index is 12.6. The molecular weight excluding hydrogens is 336 g/mol. The molecule has 25 heavy (non-hydrogen) atoms. The van der Waals surface area contributed by atoms with Gasteiger partial charge < -0.3 is 0 Å².